The number of aromatic nitrogens is 2. The van der Waals surface area contributed by atoms with Gasteiger partial charge in [0.15, 0.2) is 5.82 Å². The minimum absolute atomic E-state index is 0.184. The molecule has 2 aromatic rings. The molecule has 1 aliphatic rings. The molecule has 0 radical (unpaired) electrons. The summed E-state index contributed by atoms with van der Waals surface area (Å²) in [6, 6.07) is 5.44. The number of rotatable bonds is 4. The van der Waals surface area contributed by atoms with Crippen LogP contribution in [0.2, 0.25) is 0 Å². The number of thioether (sulfide) groups is 1. The van der Waals surface area contributed by atoms with E-state index in [1.54, 1.807) is 6.07 Å². The Hall–Kier alpha value is -1.49. The number of benzene rings is 1. The Balaban J connectivity index is 1.69. The number of hydrogen-bond acceptors (Lipinski definition) is 5. The van der Waals surface area contributed by atoms with E-state index in [2.05, 4.69) is 10.1 Å². The number of aromatic hydroxyl groups is 1. The van der Waals surface area contributed by atoms with Crippen molar-refractivity contribution in [2.75, 3.05) is 0 Å². The summed E-state index contributed by atoms with van der Waals surface area (Å²) < 4.78 is 5.25. The van der Waals surface area contributed by atoms with Crippen molar-refractivity contribution in [1.29, 1.82) is 0 Å². The van der Waals surface area contributed by atoms with Crippen LogP contribution in [0.15, 0.2) is 22.7 Å². The third kappa shape index (κ3) is 2.98. The third-order valence-electron chi connectivity index (χ3n) is 3.60. The van der Waals surface area contributed by atoms with Gasteiger partial charge in [-0.3, -0.25) is 0 Å². The van der Waals surface area contributed by atoms with Crippen molar-refractivity contribution in [1.82, 2.24) is 10.1 Å². The Bertz CT molecular complexity index is 591. The summed E-state index contributed by atoms with van der Waals surface area (Å²) >= 11 is 1.90. The molecule has 0 aliphatic heterocycles. The van der Waals surface area contributed by atoms with E-state index in [0.29, 0.717) is 17.3 Å². The fourth-order valence-electron chi connectivity index (χ4n) is 2.49. The van der Waals surface area contributed by atoms with Crippen molar-refractivity contribution in [3.63, 3.8) is 0 Å². The quantitative estimate of drug-likeness (QED) is 0.924. The van der Waals surface area contributed by atoms with Gasteiger partial charge in [-0.25, -0.2) is 0 Å². The lowest BCUT2D eigenvalue weighted by atomic mass is 10.1. The molecule has 1 saturated carbocycles. The normalized spacial score (nSPS) is 15.8. The van der Waals surface area contributed by atoms with Gasteiger partial charge in [-0.05, 0) is 37.5 Å². The predicted octanol–water partition coefficient (Wildman–Crippen LogP) is 3.93. The maximum Gasteiger partial charge on any atom is 0.261 e. The molecule has 0 amide bonds. The van der Waals surface area contributed by atoms with Crippen molar-refractivity contribution in [3.8, 4) is 17.2 Å². The van der Waals surface area contributed by atoms with Crippen LogP contribution in [-0.4, -0.2) is 20.5 Å². The maximum atomic E-state index is 9.92. The van der Waals surface area contributed by atoms with Gasteiger partial charge < -0.3 is 9.63 Å². The molecular formula is C15H18N2O2S. The molecule has 3 rings (SSSR count). The average Bonchev–Trinajstić information content (AvgIpc) is 3.07. The van der Waals surface area contributed by atoms with E-state index in [9.17, 15) is 5.11 Å². The van der Waals surface area contributed by atoms with Crippen molar-refractivity contribution in [2.24, 2.45) is 0 Å². The van der Waals surface area contributed by atoms with Gasteiger partial charge in [0.05, 0.1) is 11.3 Å². The number of nitrogens with zero attached hydrogens (tertiary/aromatic N) is 2. The monoisotopic (exact) mass is 290 g/mol. The third-order valence-corrected chi connectivity index (χ3v) is 4.97. The van der Waals surface area contributed by atoms with Gasteiger partial charge in [0, 0.05) is 5.25 Å². The molecule has 106 valence electrons. The zero-order chi connectivity index (χ0) is 13.9. The predicted molar refractivity (Wildman–Crippen MR) is 79.7 cm³/mol. The van der Waals surface area contributed by atoms with Crippen LogP contribution >= 0.6 is 11.8 Å². The molecule has 0 saturated heterocycles. The highest BCUT2D eigenvalue weighted by atomic mass is 32.2. The van der Waals surface area contributed by atoms with Crippen LogP contribution in [0.5, 0.6) is 5.75 Å². The van der Waals surface area contributed by atoms with Crippen LogP contribution in [0.1, 0.15) is 37.1 Å². The Labute approximate surface area is 122 Å². The van der Waals surface area contributed by atoms with Crippen molar-refractivity contribution >= 4 is 11.8 Å². The van der Waals surface area contributed by atoms with E-state index >= 15 is 0 Å². The summed E-state index contributed by atoms with van der Waals surface area (Å²) in [5, 5.41) is 14.7. The van der Waals surface area contributed by atoms with Crippen LogP contribution in [0.3, 0.4) is 0 Å². The summed E-state index contributed by atoms with van der Waals surface area (Å²) in [5.41, 5.74) is 1.60. The molecule has 4 nitrogen and oxygen atoms in total. The molecule has 0 spiro atoms. The second-order valence-electron chi connectivity index (χ2n) is 5.25. The highest BCUT2D eigenvalue weighted by molar-refractivity contribution is 7.99. The number of hydrogen-bond donors (Lipinski definition) is 1. The molecule has 0 unspecified atom stereocenters. The Kier molecular flexibility index (Phi) is 3.96. The second kappa shape index (κ2) is 5.87. The van der Waals surface area contributed by atoms with Gasteiger partial charge in [0.2, 0.25) is 0 Å². The van der Waals surface area contributed by atoms with E-state index in [0.717, 1.165) is 16.6 Å². The van der Waals surface area contributed by atoms with Gasteiger partial charge >= 0.3 is 0 Å². The Morgan fingerprint density at radius 3 is 2.90 bits per heavy atom. The van der Waals surface area contributed by atoms with Gasteiger partial charge in [-0.15, -0.1) is 0 Å². The van der Waals surface area contributed by atoms with E-state index < -0.39 is 0 Å². The Morgan fingerprint density at radius 2 is 2.15 bits per heavy atom. The molecule has 1 heterocycles. The topological polar surface area (TPSA) is 59.2 Å². The van der Waals surface area contributed by atoms with Crippen molar-refractivity contribution in [3.05, 3.63) is 29.6 Å². The largest absolute Gasteiger partial charge is 0.507 e. The van der Waals surface area contributed by atoms with Crippen LogP contribution in [-0.2, 0) is 5.75 Å². The van der Waals surface area contributed by atoms with Crippen molar-refractivity contribution < 1.29 is 9.63 Å². The first-order valence-electron chi connectivity index (χ1n) is 6.96. The highest BCUT2D eigenvalue weighted by Gasteiger charge is 2.17. The van der Waals surface area contributed by atoms with Crippen LogP contribution in [0, 0.1) is 6.92 Å². The number of phenols is 1. The molecule has 1 aromatic carbocycles. The van der Waals surface area contributed by atoms with Gasteiger partial charge in [-0.2, -0.15) is 16.7 Å². The lowest BCUT2D eigenvalue weighted by Gasteiger charge is -2.04. The van der Waals surface area contributed by atoms with Crippen LogP contribution in [0.25, 0.3) is 11.5 Å². The van der Waals surface area contributed by atoms with E-state index in [1.807, 2.05) is 30.8 Å². The molecule has 20 heavy (non-hydrogen) atoms. The van der Waals surface area contributed by atoms with Gasteiger partial charge in [-0.1, -0.05) is 24.1 Å². The van der Waals surface area contributed by atoms with Crippen molar-refractivity contribution in [2.45, 2.75) is 43.6 Å². The zero-order valence-electron chi connectivity index (χ0n) is 11.5. The zero-order valence-corrected chi connectivity index (χ0v) is 12.3. The lowest BCUT2D eigenvalue weighted by Crippen LogP contribution is -1.95. The molecule has 5 heteroatoms. The number of phenolic OH excluding ortho intramolecular Hbond substituents is 1. The summed E-state index contributed by atoms with van der Waals surface area (Å²) in [6.07, 6.45) is 5.28. The van der Waals surface area contributed by atoms with Gasteiger partial charge in [0.25, 0.3) is 5.89 Å². The highest BCUT2D eigenvalue weighted by Crippen LogP contribution is 2.32. The molecule has 0 bridgehead atoms. The molecular weight excluding hydrogens is 272 g/mol. The fraction of sp³-hybridized carbons (Fsp3) is 0.467. The Morgan fingerprint density at radius 1 is 1.35 bits per heavy atom. The molecule has 1 N–H and O–H groups in total. The van der Waals surface area contributed by atoms with E-state index in [1.165, 1.54) is 25.7 Å². The molecule has 0 atom stereocenters. The number of aryl methyl sites for hydroxylation is 1. The summed E-state index contributed by atoms with van der Waals surface area (Å²) in [4.78, 5) is 4.37. The maximum absolute atomic E-state index is 9.92. The average molecular weight is 290 g/mol. The standard InChI is InChI=1S/C15H18N2O2S/c1-10-6-7-12(13(18)8-10)15-16-14(17-19-15)9-20-11-4-2-3-5-11/h6-8,11,18H,2-5,9H2,1H3. The second-order valence-corrected chi connectivity index (χ2v) is 6.54. The minimum atomic E-state index is 0.184. The first-order valence-corrected chi connectivity index (χ1v) is 8.01. The minimum Gasteiger partial charge on any atom is -0.507 e. The fourth-order valence-corrected chi connectivity index (χ4v) is 3.66. The van der Waals surface area contributed by atoms with Crippen LogP contribution < -0.4 is 0 Å². The molecule has 1 fully saturated rings. The summed E-state index contributed by atoms with van der Waals surface area (Å²) in [6.45, 7) is 1.93. The van der Waals surface area contributed by atoms with E-state index in [-0.39, 0.29) is 5.75 Å². The first kappa shape index (κ1) is 13.5. The summed E-state index contributed by atoms with van der Waals surface area (Å²) in [7, 11) is 0. The SMILES string of the molecule is Cc1ccc(-c2nc(CSC3CCCC3)no2)c(O)c1. The lowest BCUT2D eigenvalue weighted by molar-refractivity contribution is 0.419. The van der Waals surface area contributed by atoms with Gasteiger partial charge in [0.1, 0.15) is 5.75 Å². The first-order chi connectivity index (χ1) is 9.72. The summed E-state index contributed by atoms with van der Waals surface area (Å²) in [5.74, 6) is 2.06. The smallest absolute Gasteiger partial charge is 0.261 e. The van der Waals surface area contributed by atoms with Crippen LogP contribution in [0.4, 0.5) is 0 Å². The van der Waals surface area contributed by atoms with E-state index in [4.69, 9.17) is 4.52 Å². The molecule has 1 aliphatic carbocycles. The molecule has 1 aromatic heterocycles.